The van der Waals surface area contributed by atoms with Gasteiger partial charge in [0, 0.05) is 32.9 Å². The molecule has 0 bridgehead atoms. The molecule has 0 aliphatic rings. The molecule has 0 radical (unpaired) electrons. The van der Waals surface area contributed by atoms with Crippen LogP contribution in [0.5, 0.6) is 0 Å². The number of aliphatic hydroxyl groups is 1. The summed E-state index contributed by atoms with van der Waals surface area (Å²) in [6, 6.07) is 15.0. The molecule has 0 spiro atoms. The van der Waals surface area contributed by atoms with E-state index in [2.05, 4.69) is 10.6 Å². The fraction of sp³-hybridized carbons (Fsp3) is 0.300. The Labute approximate surface area is 153 Å². The summed E-state index contributed by atoms with van der Waals surface area (Å²) in [7, 11) is 3.86. The van der Waals surface area contributed by atoms with E-state index in [0.29, 0.717) is 5.56 Å². The quantitative estimate of drug-likeness (QED) is 0.687. The van der Waals surface area contributed by atoms with Crippen LogP contribution in [0.1, 0.15) is 22.8 Å². The van der Waals surface area contributed by atoms with Crippen molar-refractivity contribution in [2.45, 2.75) is 19.6 Å². The zero-order valence-corrected chi connectivity index (χ0v) is 15.3. The fourth-order valence-electron chi connectivity index (χ4n) is 2.35. The third kappa shape index (κ3) is 5.60. The zero-order valence-electron chi connectivity index (χ0n) is 15.3. The van der Waals surface area contributed by atoms with Crippen LogP contribution in [-0.2, 0) is 16.1 Å². The van der Waals surface area contributed by atoms with Crippen LogP contribution in [0.15, 0.2) is 48.5 Å². The van der Waals surface area contributed by atoms with Crippen molar-refractivity contribution in [3.8, 4) is 0 Å². The Morgan fingerprint density at radius 2 is 1.54 bits per heavy atom. The lowest BCUT2D eigenvalue weighted by molar-refractivity contribution is -0.139. The van der Waals surface area contributed by atoms with E-state index in [1.807, 2.05) is 62.3 Å². The Morgan fingerprint density at radius 3 is 2.12 bits per heavy atom. The number of aryl methyl sites for hydroxylation is 1. The highest BCUT2D eigenvalue weighted by Crippen LogP contribution is 2.17. The Morgan fingerprint density at radius 1 is 0.962 bits per heavy atom. The van der Waals surface area contributed by atoms with Crippen LogP contribution in [-0.4, -0.2) is 37.6 Å². The molecule has 0 aromatic heterocycles. The van der Waals surface area contributed by atoms with Gasteiger partial charge in [-0.1, -0.05) is 42.0 Å². The molecule has 1 atom stereocenters. The normalized spacial score (nSPS) is 11.5. The number of benzene rings is 2. The van der Waals surface area contributed by atoms with Gasteiger partial charge in [0.15, 0.2) is 0 Å². The molecule has 1 unspecified atom stereocenters. The maximum atomic E-state index is 11.9. The summed E-state index contributed by atoms with van der Waals surface area (Å²) in [6.45, 7) is 2.23. The fourth-order valence-corrected chi connectivity index (χ4v) is 2.35. The smallest absolute Gasteiger partial charge is 0.309 e. The van der Waals surface area contributed by atoms with Crippen LogP contribution < -0.4 is 15.5 Å². The number of anilines is 1. The molecule has 26 heavy (non-hydrogen) atoms. The molecule has 0 saturated heterocycles. The van der Waals surface area contributed by atoms with Gasteiger partial charge in [-0.25, -0.2) is 0 Å². The van der Waals surface area contributed by atoms with E-state index in [-0.39, 0.29) is 13.1 Å². The van der Waals surface area contributed by atoms with E-state index in [0.717, 1.165) is 16.8 Å². The number of nitrogens with one attached hydrogen (secondary N) is 2. The zero-order chi connectivity index (χ0) is 19.1. The van der Waals surface area contributed by atoms with Crippen molar-refractivity contribution in [3.63, 3.8) is 0 Å². The monoisotopic (exact) mass is 355 g/mol. The van der Waals surface area contributed by atoms with Crippen molar-refractivity contribution in [2.24, 2.45) is 0 Å². The van der Waals surface area contributed by atoms with Crippen LogP contribution in [0.3, 0.4) is 0 Å². The lowest BCUT2D eigenvalue weighted by Crippen LogP contribution is -2.41. The van der Waals surface area contributed by atoms with Crippen LogP contribution in [0.25, 0.3) is 0 Å². The van der Waals surface area contributed by atoms with E-state index in [1.165, 1.54) is 0 Å². The van der Waals surface area contributed by atoms with Crippen molar-refractivity contribution in [2.75, 3.05) is 25.5 Å². The van der Waals surface area contributed by atoms with Gasteiger partial charge in [-0.3, -0.25) is 9.59 Å². The molecule has 0 aliphatic heterocycles. The highest BCUT2D eigenvalue weighted by atomic mass is 16.3. The van der Waals surface area contributed by atoms with Gasteiger partial charge in [-0.15, -0.1) is 0 Å². The predicted octanol–water partition coefficient (Wildman–Crippen LogP) is 1.53. The minimum absolute atomic E-state index is 0.0297. The lowest BCUT2D eigenvalue weighted by atomic mass is 10.1. The highest BCUT2D eigenvalue weighted by molar-refractivity contribution is 6.35. The van der Waals surface area contributed by atoms with Gasteiger partial charge in [0.25, 0.3) is 0 Å². The average molecular weight is 355 g/mol. The van der Waals surface area contributed by atoms with E-state index < -0.39 is 17.9 Å². The van der Waals surface area contributed by atoms with Gasteiger partial charge in [-0.2, -0.15) is 0 Å². The predicted molar refractivity (Wildman–Crippen MR) is 102 cm³/mol. The van der Waals surface area contributed by atoms with E-state index in [1.54, 1.807) is 12.1 Å². The molecule has 0 aliphatic carbocycles. The van der Waals surface area contributed by atoms with Crippen molar-refractivity contribution in [1.29, 1.82) is 0 Å². The molecule has 2 aromatic rings. The third-order valence-electron chi connectivity index (χ3n) is 4.03. The van der Waals surface area contributed by atoms with Gasteiger partial charge in [0.1, 0.15) is 0 Å². The van der Waals surface area contributed by atoms with Crippen LogP contribution >= 0.6 is 0 Å². The maximum Gasteiger partial charge on any atom is 0.309 e. The second-order valence-corrected chi connectivity index (χ2v) is 6.38. The molecule has 0 fully saturated rings. The average Bonchev–Trinajstić information content (AvgIpc) is 2.65. The molecule has 138 valence electrons. The molecule has 0 heterocycles. The molecule has 2 amide bonds. The number of nitrogens with zero attached hydrogens (tertiary/aromatic N) is 1. The largest absolute Gasteiger partial charge is 0.387 e. The minimum Gasteiger partial charge on any atom is -0.387 e. The summed E-state index contributed by atoms with van der Waals surface area (Å²) in [5, 5.41) is 15.2. The molecule has 0 saturated carbocycles. The number of carbonyl (C=O) groups is 2. The SMILES string of the molecule is Cc1ccc(CNC(=O)C(=O)NCC(O)c2ccc(N(C)C)cc2)cc1. The van der Waals surface area contributed by atoms with Gasteiger partial charge in [0.2, 0.25) is 0 Å². The third-order valence-corrected chi connectivity index (χ3v) is 4.03. The minimum atomic E-state index is -0.875. The topological polar surface area (TPSA) is 81.7 Å². The number of aliphatic hydroxyl groups excluding tert-OH is 1. The van der Waals surface area contributed by atoms with Crippen LogP contribution in [0, 0.1) is 6.92 Å². The molecular weight excluding hydrogens is 330 g/mol. The Kier molecular flexibility index (Phi) is 6.74. The summed E-state index contributed by atoms with van der Waals surface area (Å²) < 4.78 is 0. The maximum absolute atomic E-state index is 11.9. The number of hydrogen-bond acceptors (Lipinski definition) is 4. The summed E-state index contributed by atoms with van der Waals surface area (Å²) in [5.74, 6) is -1.48. The van der Waals surface area contributed by atoms with Crippen molar-refractivity contribution < 1.29 is 14.7 Å². The number of hydrogen-bond donors (Lipinski definition) is 3. The molecule has 6 heteroatoms. The first-order valence-corrected chi connectivity index (χ1v) is 8.43. The summed E-state index contributed by atoms with van der Waals surface area (Å²) in [5.41, 5.74) is 3.74. The van der Waals surface area contributed by atoms with Crippen LogP contribution in [0.4, 0.5) is 5.69 Å². The first-order valence-electron chi connectivity index (χ1n) is 8.43. The molecule has 3 N–H and O–H groups in total. The summed E-state index contributed by atoms with van der Waals surface area (Å²) >= 11 is 0. The summed E-state index contributed by atoms with van der Waals surface area (Å²) in [4.78, 5) is 25.7. The molecular formula is C20H25N3O3. The second kappa shape index (κ2) is 9.01. The van der Waals surface area contributed by atoms with Crippen molar-refractivity contribution in [3.05, 3.63) is 65.2 Å². The number of rotatable bonds is 6. The number of carbonyl (C=O) groups excluding carboxylic acids is 2. The van der Waals surface area contributed by atoms with Gasteiger partial charge in [-0.05, 0) is 30.2 Å². The number of amides is 2. The van der Waals surface area contributed by atoms with E-state index >= 15 is 0 Å². The van der Waals surface area contributed by atoms with Gasteiger partial charge < -0.3 is 20.6 Å². The van der Waals surface area contributed by atoms with Gasteiger partial charge in [0.05, 0.1) is 6.10 Å². The Bertz CT molecular complexity index is 740. The highest BCUT2D eigenvalue weighted by Gasteiger charge is 2.15. The Balaban J connectivity index is 1.79. The van der Waals surface area contributed by atoms with Crippen molar-refractivity contribution >= 4 is 17.5 Å². The van der Waals surface area contributed by atoms with Crippen molar-refractivity contribution in [1.82, 2.24) is 10.6 Å². The molecule has 2 rings (SSSR count). The Hall–Kier alpha value is -2.86. The second-order valence-electron chi connectivity index (χ2n) is 6.38. The standard InChI is InChI=1S/C20H25N3O3/c1-14-4-6-15(7-5-14)12-21-19(25)20(26)22-13-18(24)16-8-10-17(11-9-16)23(2)3/h4-11,18,24H,12-13H2,1-3H3,(H,21,25)(H,22,26). The lowest BCUT2D eigenvalue weighted by Gasteiger charge is -2.15. The molecule has 6 nitrogen and oxygen atoms in total. The molecule has 2 aromatic carbocycles. The first-order chi connectivity index (χ1) is 12.4. The first kappa shape index (κ1) is 19.5. The van der Waals surface area contributed by atoms with E-state index in [9.17, 15) is 14.7 Å². The van der Waals surface area contributed by atoms with Gasteiger partial charge >= 0.3 is 11.8 Å². The summed E-state index contributed by atoms with van der Waals surface area (Å²) in [6.07, 6.45) is -0.875. The van der Waals surface area contributed by atoms with Crippen LogP contribution in [0.2, 0.25) is 0 Å². The van der Waals surface area contributed by atoms with E-state index in [4.69, 9.17) is 0 Å².